The molecular weight excluding hydrogens is 453 g/mol. The second kappa shape index (κ2) is 8.57. The number of carboxylic acid groups (broad SMARTS) is 1. The molecule has 32 heavy (non-hydrogen) atoms. The van der Waals surface area contributed by atoms with Crippen LogP contribution in [0.4, 0.5) is 5.69 Å². The van der Waals surface area contributed by atoms with Crippen molar-refractivity contribution in [2.24, 2.45) is 7.05 Å². The number of pyridine rings is 2. The van der Waals surface area contributed by atoms with Gasteiger partial charge in [-0.3, -0.25) is 9.36 Å². The summed E-state index contributed by atoms with van der Waals surface area (Å²) in [5, 5.41) is 13.0. The minimum Gasteiger partial charge on any atom is -0.476 e. The highest BCUT2D eigenvalue weighted by Gasteiger charge is 2.21. The number of fused-ring (bicyclic) bond motifs is 1. The predicted octanol–water partition coefficient (Wildman–Crippen LogP) is 4.57. The topological polar surface area (TPSA) is 110 Å². The lowest BCUT2D eigenvalue weighted by atomic mass is 10.1. The third-order valence-electron chi connectivity index (χ3n) is 4.94. The number of carboxylic acids is 1. The molecule has 10 heteroatoms. The van der Waals surface area contributed by atoms with Gasteiger partial charge in [0.1, 0.15) is 21.6 Å². The number of aromatic carboxylic acids is 1. The van der Waals surface area contributed by atoms with Gasteiger partial charge in [0.25, 0.3) is 5.56 Å². The average Bonchev–Trinajstić information content (AvgIpc) is 2.77. The maximum Gasteiger partial charge on any atom is 0.356 e. The fourth-order valence-electron chi connectivity index (χ4n) is 3.43. The van der Waals surface area contributed by atoms with Crippen LogP contribution >= 0.6 is 23.2 Å². The van der Waals surface area contributed by atoms with Gasteiger partial charge in [-0.05, 0) is 25.1 Å². The van der Waals surface area contributed by atoms with Gasteiger partial charge in [-0.25, -0.2) is 19.7 Å². The molecule has 3 aromatic heterocycles. The SMILES string of the molecule is CC(Nc1ccc(Cl)nc1C(=O)O)c1nc(Cl)cc2c(=O)n(C)c(-c3ccccc3)nc12. The van der Waals surface area contributed by atoms with E-state index in [2.05, 4.69) is 15.3 Å². The maximum absolute atomic E-state index is 13.1. The Morgan fingerprint density at radius 2 is 1.78 bits per heavy atom. The Morgan fingerprint density at radius 3 is 2.47 bits per heavy atom. The summed E-state index contributed by atoms with van der Waals surface area (Å²) in [5.41, 5.74) is 1.28. The van der Waals surface area contributed by atoms with Crippen LogP contribution in [0.15, 0.2) is 53.3 Å². The van der Waals surface area contributed by atoms with Crippen LogP contribution < -0.4 is 10.9 Å². The number of hydrogen-bond donors (Lipinski definition) is 2. The zero-order chi connectivity index (χ0) is 23.0. The van der Waals surface area contributed by atoms with E-state index in [1.165, 1.54) is 22.8 Å². The van der Waals surface area contributed by atoms with E-state index in [9.17, 15) is 14.7 Å². The number of nitrogens with one attached hydrogen (secondary N) is 1. The van der Waals surface area contributed by atoms with Gasteiger partial charge < -0.3 is 10.4 Å². The number of aromatic nitrogens is 4. The largest absolute Gasteiger partial charge is 0.476 e. The minimum absolute atomic E-state index is 0.0598. The number of hydrogen-bond acceptors (Lipinski definition) is 6. The summed E-state index contributed by atoms with van der Waals surface area (Å²) in [6, 6.07) is 13.2. The summed E-state index contributed by atoms with van der Waals surface area (Å²) in [6.45, 7) is 1.76. The van der Waals surface area contributed by atoms with E-state index in [0.717, 1.165) is 5.56 Å². The van der Waals surface area contributed by atoms with Crippen LogP contribution in [0.5, 0.6) is 0 Å². The molecule has 2 N–H and O–H groups in total. The highest BCUT2D eigenvalue weighted by Crippen LogP contribution is 2.28. The second-order valence-electron chi connectivity index (χ2n) is 7.09. The molecule has 0 saturated heterocycles. The van der Waals surface area contributed by atoms with Crippen molar-refractivity contribution in [1.82, 2.24) is 19.5 Å². The minimum atomic E-state index is -1.23. The van der Waals surface area contributed by atoms with Crippen molar-refractivity contribution in [3.05, 3.63) is 80.6 Å². The summed E-state index contributed by atoms with van der Waals surface area (Å²) in [6.07, 6.45) is 0. The smallest absolute Gasteiger partial charge is 0.356 e. The Hall–Kier alpha value is -3.49. The van der Waals surface area contributed by atoms with Crippen LogP contribution in [-0.4, -0.2) is 30.6 Å². The van der Waals surface area contributed by atoms with Crippen molar-refractivity contribution in [1.29, 1.82) is 0 Å². The van der Waals surface area contributed by atoms with Gasteiger partial charge in [-0.2, -0.15) is 0 Å². The van der Waals surface area contributed by atoms with Crippen LogP contribution in [0.1, 0.15) is 29.1 Å². The first-order chi connectivity index (χ1) is 15.3. The van der Waals surface area contributed by atoms with Gasteiger partial charge in [0.05, 0.1) is 22.8 Å². The normalized spacial score (nSPS) is 12.0. The fraction of sp³-hybridized carbons (Fsp3) is 0.136. The van der Waals surface area contributed by atoms with Crippen LogP contribution in [0, 0.1) is 0 Å². The molecule has 8 nitrogen and oxygen atoms in total. The Kier molecular flexibility index (Phi) is 5.82. The molecule has 0 aliphatic heterocycles. The van der Waals surface area contributed by atoms with Crippen molar-refractivity contribution >= 4 is 45.8 Å². The van der Waals surface area contributed by atoms with E-state index in [1.54, 1.807) is 14.0 Å². The second-order valence-corrected chi connectivity index (χ2v) is 7.87. The van der Waals surface area contributed by atoms with E-state index < -0.39 is 12.0 Å². The molecule has 0 amide bonds. The molecule has 4 rings (SSSR count). The first-order valence-electron chi connectivity index (χ1n) is 9.55. The molecule has 1 atom stereocenters. The van der Waals surface area contributed by atoms with Gasteiger partial charge in [0, 0.05) is 12.6 Å². The van der Waals surface area contributed by atoms with Crippen LogP contribution in [0.2, 0.25) is 10.3 Å². The molecule has 162 valence electrons. The lowest BCUT2D eigenvalue weighted by molar-refractivity contribution is 0.0691. The molecule has 0 radical (unpaired) electrons. The maximum atomic E-state index is 13.1. The summed E-state index contributed by atoms with van der Waals surface area (Å²) in [5.74, 6) is -0.760. The van der Waals surface area contributed by atoms with Gasteiger partial charge in [-0.15, -0.1) is 0 Å². The van der Waals surface area contributed by atoms with Crippen molar-refractivity contribution in [3.63, 3.8) is 0 Å². The fourth-order valence-corrected chi connectivity index (χ4v) is 3.78. The van der Waals surface area contributed by atoms with Crippen LogP contribution in [0.3, 0.4) is 0 Å². The molecule has 1 unspecified atom stereocenters. The molecule has 0 fully saturated rings. The summed E-state index contributed by atoms with van der Waals surface area (Å²) >= 11 is 12.1. The zero-order valence-electron chi connectivity index (χ0n) is 17.0. The average molecular weight is 470 g/mol. The molecular formula is C22H17Cl2N5O3. The summed E-state index contributed by atoms with van der Waals surface area (Å²) in [4.78, 5) is 37.7. The number of carbonyl (C=O) groups is 1. The standard InChI is InChI=1S/C22H17Cl2N5O3/c1-11(25-14-8-9-15(23)26-19(14)22(31)32)17-18-13(10-16(24)27-17)21(30)29(2)20(28-18)12-6-4-3-5-7-12/h3-11,25H,1-2H3,(H,31,32). The van der Waals surface area contributed by atoms with E-state index in [-0.39, 0.29) is 27.2 Å². The van der Waals surface area contributed by atoms with E-state index >= 15 is 0 Å². The Labute approximate surface area is 192 Å². The Bertz CT molecular complexity index is 1410. The number of halogens is 2. The van der Waals surface area contributed by atoms with Gasteiger partial charge in [-0.1, -0.05) is 53.5 Å². The molecule has 3 heterocycles. The van der Waals surface area contributed by atoms with E-state index in [1.807, 2.05) is 30.3 Å². The number of nitrogens with zero attached hydrogens (tertiary/aromatic N) is 4. The highest BCUT2D eigenvalue weighted by molar-refractivity contribution is 6.30. The first-order valence-corrected chi connectivity index (χ1v) is 10.3. The number of rotatable bonds is 5. The third kappa shape index (κ3) is 4.02. The quantitative estimate of drug-likeness (QED) is 0.411. The molecule has 0 saturated carbocycles. The zero-order valence-corrected chi connectivity index (χ0v) is 18.5. The Balaban J connectivity index is 1.88. The molecule has 0 spiro atoms. The summed E-state index contributed by atoms with van der Waals surface area (Å²) in [7, 11) is 1.64. The molecule has 0 aliphatic carbocycles. The van der Waals surface area contributed by atoms with Crippen molar-refractivity contribution in [3.8, 4) is 11.4 Å². The highest BCUT2D eigenvalue weighted by atomic mass is 35.5. The Morgan fingerprint density at radius 1 is 1.06 bits per heavy atom. The van der Waals surface area contributed by atoms with Crippen LogP contribution in [0.25, 0.3) is 22.3 Å². The predicted molar refractivity (Wildman–Crippen MR) is 123 cm³/mol. The lowest BCUT2D eigenvalue weighted by Gasteiger charge is -2.19. The number of benzene rings is 1. The van der Waals surface area contributed by atoms with Crippen LogP contribution in [-0.2, 0) is 7.05 Å². The first kappa shape index (κ1) is 21.7. The van der Waals surface area contributed by atoms with E-state index in [4.69, 9.17) is 28.2 Å². The monoisotopic (exact) mass is 469 g/mol. The molecule has 0 aliphatic rings. The van der Waals surface area contributed by atoms with Gasteiger partial charge >= 0.3 is 5.97 Å². The number of anilines is 1. The van der Waals surface area contributed by atoms with E-state index in [0.29, 0.717) is 22.4 Å². The van der Waals surface area contributed by atoms with Crippen molar-refractivity contribution in [2.75, 3.05) is 5.32 Å². The molecule has 0 bridgehead atoms. The van der Waals surface area contributed by atoms with Crippen molar-refractivity contribution < 1.29 is 9.90 Å². The summed E-state index contributed by atoms with van der Waals surface area (Å²) < 4.78 is 1.46. The van der Waals surface area contributed by atoms with Gasteiger partial charge in [0.2, 0.25) is 0 Å². The molecule has 4 aromatic rings. The van der Waals surface area contributed by atoms with Gasteiger partial charge in [0.15, 0.2) is 5.69 Å². The third-order valence-corrected chi connectivity index (χ3v) is 5.34. The molecule has 1 aromatic carbocycles. The van der Waals surface area contributed by atoms with Crippen molar-refractivity contribution in [2.45, 2.75) is 13.0 Å². The lowest BCUT2D eigenvalue weighted by Crippen LogP contribution is -2.22.